The lowest BCUT2D eigenvalue weighted by Crippen LogP contribution is -2.42. The number of carbonyl (C=O) groups excluding carboxylic acids is 1. The molecule has 0 spiro atoms. The normalized spacial score (nSPS) is 22.2. The van der Waals surface area contributed by atoms with Gasteiger partial charge in [-0.1, -0.05) is 6.92 Å². The number of nitrogens with one attached hydrogen (secondary N) is 2. The Morgan fingerprint density at radius 3 is 3.08 bits per heavy atom. The van der Waals surface area contributed by atoms with Crippen LogP contribution in [0, 0.1) is 0 Å². The standard InChI is InChI=1S/C8H16N2O2/c1-2-4-9-8(11)10-7-3-5-12-6-7/h7H,2-6H2,1H3,(H2,9,10,11). The van der Waals surface area contributed by atoms with Gasteiger partial charge < -0.3 is 15.4 Å². The van der Waals surface area contributed by atoms with Crippen LogP contribution in [-0.2, 0) is 4.74 Å². The second kappa shape index (κ2) is 4.98. The molecule has 0 radical (unpaired) electrons. The first-order valence-electron chi connectivity index (χ1n) is 4.45. The molecule has 1 aliphatic heterocycles. The van der Waals surface area contributed by atoms with Crippen LogP contribution in [0.4, 0.5) is 4.79 Å². The Labute approximate surface area is 72.7 Å². The Kier molecular flexibility index (Phi) is 3.87. The van der Waals surface area contributed by atoms with E-state index in [4.69, 9.17) is 4.74 Å². The fourth-order valence-corrected chi connectivity index (χ4v) is 1.12. The molecule has 1 heterocycles. The number of rotatable bonds is 3. The van der Waals surface area contributed by atoms with Gasteiger partial charge in [0, 0.05) is 13.2 Å². The topological polar surface area (TPSA) is 50.4 Å². The highest BCUT2D eigenvalue weighted by atomic mass is 16.5. The van der Waals surface area contributed by atoms with Gasteiger partial charge in [0.1, 0.15) is 0 Å². The average molecular weight is 172 g/mol. The van der Waals surface area contributed by atoms with E-state index in [0.717, 1.165) is 26.0 Å². The maximum atomic E-state index is 11.1. The maximum Gasteiger partial charge on any atom is 0.315 e. The van der Waals surface area contributed by atoms with Crippen molar-refractivity contribution < 1.29 is 9.53 Å². The Hall–Kier alpha value is -0.770. The van der Waals surface area contributed by atoms with Gasteiger partial charge in [-0.3, -0.25) is 0 Å². The fourth-order valence-electron chi connectivity index (χ4n) is 1.12. The second-order valence-electron chi connectivity index (χ2n) is 2.96. The predicted molar refractivity (Wildman–Crippen MR) is 46.0 cm³/mol. The first-order chi connectivity index (χ1) is 5.83. The molecule has 0 saturated carbocycles. The summed E-state index contributed by atoms with van der Waals surface area (Å²) in [6, 6.07) is 0.134. The largest absolute Gasteiger partial charge is 0.379 e. The smallest absolute Gasteiger partial charge is 0.315 e. The maximum absolute atomic E-state index is 11.1. The molecule has 1 saturated heterocycles. The molecule has 12 heavy (non-hydrogen) atoms. The summed E-state index contributed by atoms with van der Waals surface area (Å²) in [5.74, 6) is 0. The Morgan fingerprint density at radius 2 is 2.50 bits per heavy atom. The molecule has 0 aromatic carbocycles. The number of hydrogen-bond donors (Lipinski definition) is 2. The minimum Gasteiger partial charge on any atom is -0.379 e. The molecule has 2 amide bonds. The monoisotopic (exact) mass is 172 g/mol. The lowest BCUT2D eigenvalue weighted by atomic mass is 10.3. The number of carbonyl (C=O) groups is 1. The summed E-state index contributed by atoms with van der Waals surface area (Å²) in [5.41, 5.74) is 0. The molecule has 70 valence electrons. The molecular formula is C8H16N2O2. The van der Waals surface area contributed by atoms with Crippen LogP contribution in [0.1, 0.15) is 19.8 Å². The lowest BCUT2D eigenvalue weighted by Gasteiger charge is -2.10. The van der Waals surface area contributed by atoms with E-state index in [-0.39, 0.29) is 12.1 Å². The summed E-state index contributed by atoms with van der Waals surface area (Å²) in [7, 11) is 0. The van der Waals surface area contributed by atoms with Gasteiger partial charge in [-0.25, -0.2) is 4.79 Å². The van der Waals surface area contributed by atoms with Crippen molar-refractivity contribution in [3.63, 3.8) is 0 Å². The van der Waals surface area contributed by atoms with Gasteiger partial charge in [0.2, 0.25) is 0 Å². The number of amides is 2. The first-order valence-corrected chi connectivity index (χ1v) is 4.45. The highest BCUT2D eigenvalue weighted by Crippen LogP contribution is 2.02. The van der Waals surface area contributed by atoms with Crippen LogP contribution in [-0.4, -0.2) is 31.8 Å². The predicted octanol–water partition coefficient (Wildman–Crippen LogP) is 0.484. The Balaban J connectivity index is 2.08. The van der Waals surface area contributed by atoms with Gasteiger partial charge in [0.25, 0.3) is 0 Å². The third kappa shape index (κ3) is 3.09. The van der Waals surface area contributed by atoms with Crippen molar-refractivity contribution in [1.82, 2.24) is 10.6 Å². The molecule has 1 unspecified atom stereocenters. The highest BCUT2D eigenvalue weighted by Gasteiger charge is 2.16. The molecule has 0 aliphatic carbocycles. The molecular weight excluding hydrogens is 156 g/mol. The van der Waals surface area contributed by atoms with Crippen LogP contribution in [0.2, 0.25) is 0 Å². The van der Waals surface area contributed by atoms with Gasteiger partial charge in [0.15, 0.2) is 0 Å². The van der Waals surface area contributed by atoms with E-state index < -0.39 is 0 Å². The van der Waals surface area contributed by atoms with Gasteiger partial charge in [0.05, 0.1) is 12.6 Å². The van der Waals surface area contributed by atoms with Gasteiger partial charge >= 0.3 is 6.03 Å². The number of ether oxygens (including phenoxy) is 1. The number of hydrogen-bond acceptors (Lipinski definition) is 2. The SMILES string of the molecule is CCCNC(=O)NC1CCOC1. The Morgan fingerprint density at radius 1 is 1.67 bits per heavy atom. The molecule has 2 N–H and O–H groups in total. The van der Waals surface area contributed by atoms with Crippen molar-refractivity contribution in [3.05, 3.63) is 0 Å². The zero-order valence-corrected chi connectivity index (χ0v) is 7.43. The van der Waals surface area contributed by atoms with Crippen LogP contribution in [0.15, 0.2) is 0 Å². The van der Waals surface area contributed by atoms with Crippen molar-refractivity contribution in [1.29, 1.82) is 0 Å². The van der Waals surface area contributed by atoms with Crippen molar-refractivity contribution >= 4 is 6.03 Å². The molecule has 0 aromatic rings. The van der Waals surface area contributed by atoms with E-state index in [1.54, 1.807) is 0 Å². The van der Waals surface area contributed by atoms with Crippen molar-refractivity contribution in [2.24, 2.45) is 0 Å². The summed E-state index contributed by atoms with van der Waals surface area (Å²) < 4.78 is 5.12. The Bertz CT molecular complexity index is 144. The van der Waals surface area contributed by atoms with Gasteiger partial charge in [-0.05, 0) is 12.8 Å². The quantitative estimate of drug-likeness (QED) is 0.650. The van der Waals surface area contributed by atoms with E-state index in [1.807, 2.05) is 6.92 Å². The second-order valence-corrected chi connectivity index (χ2v) is 2.96. The average Bonchev–Trinajstić information content (AvgIpc) is 2.53. The summed E-state index contributed by atoms with van der Waals surface area (Å²) in [6.45, 7) is 4.18. The molecule has 1 fully saturated rings. The minimum atomic E-state index is -0.0765. The zero-order chi connectivity index (χ0) is 8.81. The van der Waals surface area contributed by atoms with Gasteiger partial charge in [-0.2, -0.15) is 0 Å². The van der Waals surface area contributed by atoms with Crippen molar-refractivity contribution in [2.45, 2.75) is 25.8 Å². The fraction of sp³-hybridized carbons (Fsp3) is 0.875. The van der Waals surface area contributed by atoms with Crippen LogP contribution < -0.4 is 10.6 Å². The summed E-state index contributed by atoms with van der Waals surface area (Å²) in [6.07, 6.45) is 1.90. The zero-order valence-electron chi connectivity index (χ0n) is 7.43. The van der Waals surface area contributed by atoms with Crippen molar-refractivity contribution in [3.8, 4) is 0 Å². The van der Waals surface area contributed by atoms with E-state index in [0.29, 0.717) is 6.61 Å². The van der Waals surface area contributed by atoms with Crippen molar-refractivity contribution in [2.75, 3.05) is 19.8 Å². The molecule has 1 rings (SSSR count). The van der Waals surface area contributed by atoms with E-state index in [9.17, 15) is 4.79 Å². The van der Waals surface area contributed by atoms with E-state index >= 15 is 0 Å². The van der Waals surface area contributed by atoms with Crippen LogP contribution in [0.25, 0.3) is 0 Å². The van der Waals surface area contributed by atoms with E-state index in [1.165, 1.54) is 0 Å². The van der Waals surface area contributed by atoms with E-state index in [2.05, 4.69) is 10.6 Å². The highest BCUT2D eigenvalue weighted by molar-refractivity contribution is 5.74. The van der Waals surface area contributed by atoms with Crippen LogP contribution >= 0.6 is 0 Å². The third-order valence-corrected chi connectivity index (χ3v) is 1.80. The lowest BCUT2D eigenvalue weighted by molar-refractivity contribution is 0.188. The molecule has 1 atom stereocenters. The third-order valence-electron chi connectivity index (χ3n) is 1.80. The van der Waals surface area contributed by atoms with Crippen LogP contribution in [0.5, 0.6) is 0 Å². The summed E-state index contributed by atoms with van der Waals surface area (Å²) in [4.78, 5) is 11.1. The molecule has 4 nitrogen and oxygen atoms in total. The number of urea groups is 1. The van der Waals surface area contributed by atoms with Crippen LogP contribution in [0.3, 0.4) is 0 Å². The molecule has 4 heteroatoms. The first kappa shape index (κ1) is 9.32. The molecule has 0 bridgehead atoms. The minimum absolute atomic E-state index is 0.0765. The molecule has 1 aliphatic rings. The summed E-state index contributed by atoms with van der Waals surface area (Å²) >= 11 is 0. The molecule has 0 aromatic heterocycles. The van der Waals surface area contributed by atoms with Gasteiger partial charge in [-0.15, -0.1) is 0 Å². The summed E-state index contributed by atoms with van der Waals surface area (Å²) in [5, 5.41) is 5.59.